The maximum Gasteiger partial charge on any atom is 0.218 e. The molecule has 1 atom stereocenters. The Balaban J connectivity index is 1.80. The molecule has 2 N–H and O–H groups in total. The van der Waals surface area contributed by atoms with Gasteiger partial charge in [-0.2, -0.15) is 5.10 Å². The Hall–Kier alpha value is -2.30. The van der Waals surface area contributed by atoms with Crippen LogP contribution in [0.4, 0.5) is 5.69 Å². The zero-order valence-corrected chi connectivity index (χ0v) is 12.9. The van der Waals surface area contributed by atoms with E-state index in [1.807, 2.05) is 18.0 Å². The first-order valence-corrected chi connectivity index (χ1v) is 7.15. The second-order valence-electron chi connectivity index (χ2n) is 6.38. The number of benzene rings is 1. The van der Waals surface area contributed by atoms with E-state index in [-0.39, 0.29) is 11.7 Å². The highest BCUT2D eigenvalue weighted by Gasteiger charge is 2.26. The molecule has 5 heteroatoms. The number of hydrogen-bond acceptors (Lipinski definition) is 5. The molecule has 0 aromatic heterocycles. The molecule has 0 bridgehead atoms. The maximum atomic E-state index is 4.47. The molecule has 0 radical (unpaired) electrons. The van der Waals surface area contributed by atoms with Crippen LogP contribution >= 0.6 is 0 Å². The number of aliphatic imine (C=N–C) groups is 1. The van der Waals surface area contributed by atoms with Crippen LogP contribution in [0.1, 0.15) is 33.3 Å². The summed E-state index contributed by atoms with van der Waals surface area (Å²) in [5, 5.41) is 12.6. The van der Waals surface area contributed by atoms with Crippen LogP contribution in [0.3, 0.4) is 0 Å². The van der Waals surface area contributed by atoms with Gasteiger partial charge in [0, 0.05) is 17.5 Å². The van der Waals surface area contributed by atoms with E-state index in [4.69, 9.17) is 0 Å². The molecule has 5 nitrogen and oxygen atoms in total. The standard InChI is InChI=1S/C16H21N5/c1-11-9-14(21-15(19-11)17-10-18-21)20-13-7-5-12(6-8-13)16(2,3)4/h5-10,15,20H,1-4H3,(H,17,18). The molecule has 1 aromatic rings. The van der Waals surface area contributed by atoms with Gasteiger partial charge in [-0.3, -0.25) is 0 Å². The molecular formula is C16H21N5. The zero-order chi connectivity index (χ0) is 15.0. The minimum atomic E-state index is -0.133. The Morgan fingerprint density at radius 1 is 1.19 bits per heavy atom. The predicted octanol–water partition coefficient (Wildman–Crippen LogP) is 2.84. The SMILES string of the molecule is CC1=NC2NC=NN2C(Nc2ccc(C(C)(C)C)cc2)=C1. The van der Waals surface area contributed by atoms with E-state index < -0.39 is 0 Å². The van der Waals surface area contributed by atoms with Crippen molar-refractivity contribution in [2.24, 2.45) is 10.1 Å². The monoisotopic (exact) mass is 283 g/mol. The number of anilines is 1. The second kappa shape index (κ2) is 4.91. The van der Waals surface area contributed by atoms with Crippen LogP contribution in [0.2, 0.25) is 0 Å². The number of nitrogens with zero attached hydrogens (tertiary/aromatic N) is 3. The van der Waals surface area contributed by atoms with E-state index in [1.165, 1.54) is 5.56 Å². The van der Waals surface area contributed by atoms with Crippen molar-refractivity contribution < 1.29 is 0 Å². The molecule has 0 saturated heterocycles. The second-order valence-corrected chi connectivity index (χ2v) is 6.38. The summed E-state index contributed by atoms with van der Waals surface area (Å²) in [5.41, 5.74) is 3.51. The lowest BCUT2D eigenvalue weighted by Gasteiger charge is -2.27. The van der Waals surface area contributed by atoms with Gasteiger partial charge in [0.2, 0.25) is 6.29 Å². The maximum absolute atomic E-state index is 4.47. The third-order valence-corrected chi connectivity index (χ3v) is 3.58. The van der Waals surface area contributed by atoms with Gasteiger partial charge in [0.05, 0.1) is 0 Å². The van der Waals surface area contributed by atoms with E-state index in [1.54, 1.807) is 6.34 Å². The first-order chi connectivity index (χ1) is 9.93. The minimum absolute atomic E-state index is 0.133. The smallest absolute Gasteiger partial charge is 0.218 e. The fourth-order valence-electron chi connectivity index (χ4n) is 2.37. The van der Waals surface area contributed by atoms with Gasteiger partial charge in [-0.05, 0) is 30.0 Å². The van der Waals surface area contributed by atoms with E-state index >= 15 is 0 Å². The van der Waals surface area contributed by atoms with E-state index in [0.29, 0.717) is 0 Å². The van der Waals surface area contributed by atoms with E-state index in [0.717, 1.165) is 17.2 Å². The molecule has 2 aliphatic rings. The highest BCUT2D eigenvalue weighted by molar-refractivity contribution is 5.94. The van der Waals surface area contributed by atoms with Gasteiger partial charge in [0.25, 0.3) is 0 Å². The summed E-state index contributed by atoms with van der Waals surface area (Å²) < 4.78 is 0. The third-order valence-electron chi connectivity index (χ3n) is 3.58. The Kier molecular flexibility index (Phi) is 3.20. The lowest BCUT2D eigenvalue weighted by atomic mass is 9.87. The van der Waals surface area contributed by atoms with Crippen molar-refractivity contribution in [3.05, 3.63) is 41.7 Å². The van der Waals surface area contributed by atoms with Gasteiger partial charge in [0.1, 0.15) is 12.2 Å². The van der Waals surface area contributed by atoms with E-state index in [2.05, 4.69) is 65.8 Å². The van der Waals surface area contributed by atoms with E-state index in [9.17, 15) is 0 Å². The summed E-state index contributed by atoms with van der Waals surface area (Å²) in [6.45, 7) is 8.64. The van der Waals surface area contributed by atoms with Crippen LogP contribution in [0.5, 0.6) is 0 Å². The normalized spacial score (nSPS) is 20.6. The molecule has 2 heterocycles. The Morgan fingerprint density at radius 3 is 2.57 bits per heavy atom. The predicted molar refractivity (Wildman–Crippen MR) is 87.2 cm³/mol. The third kappa shape index (κ3) is 2.77. The number of fused-ring (bicyclic) bond motifs is 1. The quantitative estimate of drug-likeness (QED) is 0.877. The lowest BCUT2D eigenvalue weighted by molar-refractivity contribution is 0.284. The van der Waals surface area contributed by atoms with Crippen molar-refractivity contribution in [1.82, 2.24) is 10.3 Å². The summed E-state index contributed by atoms with van der Waals surface area (Å²) in [7, 11) is 0. The molecule has 2 aliphatic heterocycles. The number of allylic oxidation sites excluding steroid dienone is 1. The summed E-state index contributed by atoms with van der Waals surface area (Å²) in [4.78, 5) is 4.47. The summed E-state index contributed by atoms with van der Waals surface area (Å²) in [6, 6.07) is 8.53. The molecule has 1 aromatic carbocycles. The Morgan fingerprint density at radius 2 is 1.90 bits per heavy atom. The van der Waals surface area contributed by atoms with Crippen LogP contribution in [0.15, 0.2) is 46.3 Å². The number of hydrogen-bond donors (Lipinski definition) is 2. The van der Waals surface area contributed by atoms with Crippen molar-refractivity contribution in [1.29, 1.82) is 0 Å². The molecule has 0 aliphatic carbocycles. The van der Waals surface area contributed by atoms with Gasteiger partial charge in [0.15, 0.2) is 0 Å². The summed E-state index contributed by atoms with van der Waals surface area (Å²) in [5.74, 6) is 0.928. The highest BCUT2D eigenvalue weighted by Crippen LogP contribution is 2.25. The van der Waals surface area contributed by atoms with Crippen LogP contribution in [0, 0.1) is 0 Å². The molecule has 0 amide bonds. The van der Waals surface area contributed by atoms with Crippen molar-refractivity contribution in [2.75, 3.05) is 5.32 Å². The van der Waals surface area contributed by atoms with Gasteiger partial charge >= 0.3 is 0 Å². The first kappa shape index (κ1) is 13.7. The molecule has 110 valence electrons. The average molecular weight is 283 g/mol. The molecular weight excluding hydrogens is 262 g/mol. The van der Waals surface area contributed by atoms with Crippen LogP contribution in [-0.2, 0) is 5.41 Å². The molecule has 21 heavy (non-hydrogen) atoms. The Bertz CT molecular complexity index is 619. The van der Waals surface area contributed by atoms with Crippen LogP contribution < -0.4 is 10.6 Å². The molecule has 3 rings (SSSR count). The summed E-state index contributed by atoms with van der Waals surface area (Å²) in [6.07, 6.45) is 3.54. The average Bonchev–Trinajstić information content (AvgIpc) is 2.86. The molecule has 0 fully saturated rings. The first-order valence-electron chi connectivity index (χ1n) is 7.15. The van der Waals surface area contributed by atoms with Gasteiger partial charge in [-0.1, -0.05) is 32.9 Å². The van der Waals surface area contributed by atoms with Crippen LogP contribution in [0.25, 0.3) is 0 Å². The number of nitrogens with one attached hydrogen (secondary N) is 2. The molecule has 0 saturated carbocycles. The van der Waals surface area contributed by atoms with Crippen molar-refractivity contribution in [3.63, 3.8) is 0 Å². The van der Waals surface area contributed by atoms with Crippen molar-refractivity contribution in [3.8, 4) is 0 Å². The van der Waals surface area contributed by atoms with Crippen molar-refractivity contribution >= 4 is 17.7 Å². The van der Waals surface area contributed by atoms with Gasteiger partial charge in [-0.25, -0.2) is 10.0 Å². The lowest BCUT2D eigenvalue weighted by Crippen LogP contribution is -2.39. The van der Waals surface area contributed by atoms with Crippen LogP contribution in [-0.4, -0.2) is 23.3 Å². The molecule has 1 unspecified atom stereocenters. The van der Waals surface area contributed by atoms with Gasteiger partial charge < -0.3 is 10.6 Å². The fourth-order valence-corrected chi connectivity index (χ4v) is 2.37. The molecule has 0 spiro atoms. The van der Waals surface area contributed by atoms with Crippen molar-refractivity contribution in [2.45, 2.75) is 39.4 Å². The number of rotatable bonds is 2. The number of hydrazone groups is 1. The zero-order valence-electron chi connectivity index (χ0n) is 12.9. The largest absolute Gasteiger partial charge is 0.340 e. The minimum Gasteiger partial charge on any atom is -0.340 e. The summed E-state index contributed by atoms with van der Waals surface area (Å²) >= 11 is 0. The highest BCUT2D eigenvalue weighted by atomic mass is 15.6. The fraction of sp³-hybridized carbons (Fsp3) is 0.375. The topological polar surface area (TPSA) is 52.0 Å². The van der Waals surface area contributed by atoms with Gasteiger partial charge in [-0.15, -0.1) is 0 Å². The Labute approximate surface area is 125 Å².